The summed E-state index contributed by atoms with van der Waals surface area (Å²) in [6.07, 6.45) is 3.43. The molecule has 1 aromatic rings. The van der Waals surface area contributed by atoms with Crippen molar-refractivity contribution in [3.05, 3.63) is 29.3 Å². The maximum atomic E-state index is 5.52. The van der Waals surface area contributed by atoms with Gasteiger partial charge in [-0.25, -0.2) is 0 Å². The van der Waals surface area contributed by atoms with E-state index in [2.05, 4.69) is 44.1 Å². The van der Waals surface area contributed by atoms with E-state index in [0.29, 0.717) is 0 Å². The average Bonchev–Trinajstić information content (AvgIpc) is 2.20. The van der Waals surface area contributed by atoms with Crippen molar-refractivity contribution in [1.29, 1.82) is 0 Å². The second-order valence-corrected chi connectivity index (χ2v) is 4.21. The van der Waals surface area contributed by atoms with Crippen LogP contribution in [0.2, 0.25) is 0 Å². The molecule has 2 heteroatoms. The molecule has 0 aromatic heterocycles. The predicted octanol–water partition coefficient (Wildman–Crippen LogP) is 2.34. The maximum Gasteiger partial charge on any atom is 0.0396 e. The molecule has 0 aliphatic rings. The standard InChI is InChI=1S/C13H22N2/c1-11-7-6-9-13(15(2)3)12(11)8-4-5-10-14/h6-7,9H,4-5,8,10,14H2,1-3H3. The molecule has 15 heavy (non-hydrogen) atoms. The van der Waals surface area contributed by atoms with E-state index in [4.69, 9.17) is 5.73 Å². The van der Waals surface area contributed by atoms with Crippen LogP contribution in [-0.4, -0.2) is 20.6 Å². The third-order valence-electron chi connectivity index (χ3n) is 2.75. The van der Waals surface area contributed by atoms with E-state index >= 15 is 0 Å². The smallest absolute Gasteiger partial charge is 0.0396 e. The number of anilines is 1. The van der Waals surface area contributed by atoms with Gasteiger partial charge in [-0.1, -0.05) is 12.1 Å². The second kappa shape index (κ2) is 5.76. The maximum absolute atomic E-state index is 5.52. The first kappa shape index (κ1) is 12.1. The molecule has 0 amide bonds. The predicted molar refractivity (Wildman–Crippen MR) is 67.5 cm³/mol. The molecule has 1 aromatic carbocycles. The van der Waals surface area contributed by atoms with Crippen molar-refractivity contribution >= 4 is 5.69 Å². The zero-order valence-corrected chi connectivity index (χ0v) is 10.1. The van der Waals surface area contributed by atoms with Gasteiger partial charge < -0.3 is 10.6 Å². The van der Waals surface area contributed by atoms with Gasteiger partial charge in [0.1, 0.15) is 0 Å². The Bertz CT molecular complexity index is 305. The van der Waals surface area contributed by atoms with Crippen molar-refractivity contribution in [2.75, 3.05) is 25.5 Å². The Morgan fingerprint density at radius 1 is 1.20 bits per heavy atom. The molecule has 0 heterocycles. The number of hydrogen-bond acceptors (Lipinski definition) is 2. The zero-order valence-electron chi connectivity index (χ0n) is 10.1. The van der Waals surface area contributed by atoms with E-state index in [-0.39, 0.29) is 0 Å². The molecular formula is C13H22N2. The number of rotatable bonds is 5. The monoisotopic (exact) mass is 206 g/mol. The molecule has 84 valence electrons. The highest BCUT2D eigenvalue weighted by molar-refractivity contribution is 5.55. The molecule has 0 unspecified atom stereocenters. The van der Waals surface area contributed by atoms with Crippen LogP contribution in [0.3, 0.4) is 0 Å². The van der Waals surface area contributed by atoms with E-state index in [0.717, 1.165) is 19.4 Å². The Hall–Kier alpha value is -1.02. The molecular weight excluding hydrogens is 184 g/mol. The number of hydrogen-bond donors (Lipinski definition) is 1. The largest absolute Gasteiger partial charge is 0.377 e. The fourth-order valence-corrected chi connectivity index (χ4v) is 1.88. The third-order valence-corrected chi connectivity index (χ3v) is 2.75. The first-order chi connectivity index (χ1) is 7.16. The summed E-state index contributed by atoms with van der Waals surface area (Å²) in [6, 6.07) is 6.49. The van der Waals surface area contributed by atoms with Gasteiger partial charge in [-0.15, -0.1) is 0 Å². The van der Waals surface area contributed by atoms with Gasteiger partial charge >= 0.3 is 0 Å². The number of benzene rings is 1. The average molecular weight is 206 g/mol. The number of unbranched alkanes of at least 4 members (excludes halogenated alkanes) is 1. The summed E-state index contributed by atoms with van der Waals surface area (Å²) >= 11 is 0. The lowest BCUT2D eigenvalue weighted by molar-refractivity contribution is 0.741. The van der Waals surface area contributed by atoms with Crippen LogP contribution in [0, 0.1) is 6.92 Å². The van der Waals surface area contributed by atoms with E-state index in [1.165, 1.54) is 23.2 Å². The first-order valence-electron chi connectivity index (χ1n) is 5.62. The van der Waals surface area contributed by atoms with E-state index in [9.17, 15) is 0 Å². The summed E-state index contributed by atoms with van der Waals surface area (Å²) < 4.78 is 0. The quantitative estimate of drug-likeness (QED) is 0.749. The fourth-order valence-electron chi connectivity index (χ4n) is 1.88. The second-order valence-electron chi connectivity index (χ2n) is 4.21. The molecule has 0 bridgehead atoms. The lowest BCUT2D eigenvalue weighted by Crippen LogP contribution is -2.12. The van der Waals surface area contributed by atoms with E-state index < -0.39 is 0 Å². The molecule has 0 radical (unpaired) electrons. The normalized spacial score (nSPS) is 10.4. The Labute approximate surface area is 93.1 Å². The molecule has 2 N–H and O–H groups in total. The van der Waals surface area contributed by atoms with Crippen molar-refractivity contribution in [2.24, 2.45) is 5.73 Å². The SMILES string of the molecule is Cc1cccc(N(C)C)c1CCCCN. The third kappa shape index (κ3) is 3.24. The van der Waals surface area contributed by atoms with E-state index in [1.807, 2.05) is 0 Å². The number of nitrogens with two attached hydrogens (primary N) is 1. The lowest BCUT2D eigenvalue weighted by Gasteiger charge is -2.19. The van der Waals surface area contributed by atoms with Crippen LogP contribution in [0.1, 0.15) is 24.0 Å². The lowest BCUT2D eigenvalue weighted by atomic mass is 10.0. The van der Waals surface area contributed by atoms with Gasteiger partial charge in [0.15, 0.2) is 0 Å². The van der Waals surface area contributed by atoms with E-state index in [1.54, 1.807) is 0 Å². The van der Waals surface area contributed by atoms with Gasteiger partial charge in [0.05, 0.1) is 0 Å². The molecule has 0 saturated carbocycles. The Balaban J connectivity index is 2.82. The van der Waals surface area contributed by atoms with Crippen molar-refractivity contribution in [2.45, 2.75) is 26.2 Å². The summed E-state index contributed by atoms with van der Waals surface area (Å²) in [7, 11) is 4.20. The van der Waals surface area contributed by atoms with Gasteiger partial charge in [-0.2, -0.15) is 0 Å². The summed E-state index contributed by atoms with van der Waals surface area (Å²) in [5, 5.41) is 0. The van der Waals surface area contributed by atoms with Gasteiger partial charge in [-0.3, -0.25) is 0 Å². The summed E-state index contributed by atoms with van der Waals surface area (Å²) in [6.45, 7) is 2.98. The highest BCUT2D eigenvalue weighted by Gasteiger charge is 2.06. The Morgan fingerprint density at radius 3 is 2.53 bits per heavy atom. The molecule has 1 rings (SSSR count). The van der Waals surface area contributed by atoms with Crippen LogP contribution in [0.15, 0.2) is 18.2 Å². The Kier molecular flexibility index (Phi) is 4.63. The molecule has 0 saturated heterocycles. The summed E-state index contributed by atoms with van der Waals surface area (Å²) in [5.41, 5.74) is 9.71. The first-order valence-corrected chi connectivity index (χ1v) is 5.62. The minimum Gasteiger partial charge on any atom is -0.377 e. The van der Waals surface area contributed by atoms with Crippen LogP contribution in [0.25, 0.3) is 0 Å². The topological polar surface area (TPSA) is 29.3 Å². The van der Waals surface area contributed by atoms with Crippen molar-refractivity contribution in [3.63, 3.8) is 0 Å². The van der Waals surface area contributed by atoms with Gasteiger partial charge in [0, 0.05) is 19.8 Å². The highest BCUT2D eigenvalue weighted by Crippen LogP contribution is 2.23. The van der Waals surface area contributed by atoms with Crippen molar-refractivity contribution in [3.8, 4) is 0 Å². The molecule has 0 spiro atoms. The minimum atomic E-state index is 0.795. The zero-order chi connectivity index (χ0) is 11.3. The van der Waals surface area contributed by atoms with Crippen molar-refractivity contribution < 1.29 is 0 Å². The number of aryl methyl sites for hydroxylation is 1. The van der Waals surface area contributed by atoms with Gasteiger partial charge in [-0.05, 0) is 49.9 Å². The summed E-state index contributed by atoms with van der Waals surface area (Å²) in [5.74, 6) is 0. The molecule has 0 aliphatic heterocycles. The van der Waals surface area contributed by atoms with Crippen LogP contribution >= 0.6 is 0 Å². The Morgan fingerprint density at radius 2 is 1.93 bits per heavy atom. The molecule has 0 atom stereocenters. The molecule has 2 nitrogen and oxygen atoms in total. The molecule has 0 aliphatic carbocycles. The summed E-state index contributed by atoms with van der Waals surface area (Å²) in [4.78, 5) is 2.19. The molecule has 0 fully saturated rings. The van der Waals surface area contributed by atoms with Crippen LogP contribution < -0.4 is 10.6 Å². The van der Waals surface area contributed by atoms with Gasteiger partial charge in [0.25, 0.3) is 0 Å². The minimum absolute atomic E-state index is 0.795. The fraction of sp³-hybridized carbons (Fsp3) is 0.538. The van der Waals surface area contributed by atoms with Crippen LogP contribution in [-0.2, 0) is 6.42 Å². The van der Waals surface area contributed by atoms with Crippen LogP contribution in [0.4, 0.5) is 5.69 Å². The van der Waals surface area contributed by atoms with Gasteiger partial charge in [0.2, 0.25) is 0 Å². The highest BCUT2D eigenvalue weighted by atomic mass is 15.1. The number of nitrogens with zero attached hydrogens (tertiary/aromatic N) is 1. The van der Waals surface area contributed by atoms with Crippen molar-refractivity contribution in [1.82, 2.24) is 0 Å². The van der Waals surface area contributed by atoms with Crippen LogP contribution in [0.5, 0.6) is 0 Å².